The lowest BCUT2D eigenvalue weighted by Gasteiger charge is -2.16. The molecule has 4 rings (SSSR count). The quantitative estimate of drug-likeness (QED) is 0.166. The van der Waals surface area contributed by atoms with Gasteiger partial charge in [0.25, 0.3) is 0 Å². The van der Waals surface area contributed by atoms with E-state index in [9.17, 15) is 14.7 Å². The first-order chi connectivity index (χ1) is 19.2. The summed E-state index contributed by atoms with van der Waals surface area (Å²) in [5, 5.41) is 13.2. The predicted molar refractivity (Wildman–Crippen MR) is 152 cm³/mol. The van der Waals surface area contributed by atoms with Crippen molar-refractivity contribution in [3.05, 3.63) is 93.6 Å². The number of methoxy groups -OCH3 is 1. The second kappa shape index (κ2) is 12.6. The Kier molecular flexibility index (Phi) is 8.95. The molecular formula is C29H28BrN3O7. The molecule has 0 unspecified atom stereocenters. The fraction of sp³-hybridized carbons (Fsp3) is 0.207. The van der Waals surface area contributed by atoms with Gasteiger partial charge in [0.2, 0.25) is 0 Å². The molecule has 0 aliphatic rings. The van der Waals surface area contributed by atoms with Crippen molar-refractivity contribution in [3.8, 4) is 22.9 Å². The van der Waals surface area contributed by atoms with E-state index in [0.717, 1.165) is 17.1 Å². The molecule has 0 bridgehead atoms. The Bertz CT molecular complexity index is 1520. The summed E-state index contributed by atoms with van der Waals surface area (Å²) < 4.78 is 25.1. The maximum atomic E-state index is 12.6. The lowest BCUT2D eigenvalue weighted by molar-refractivity contribution is -0.144. The molecule has 0 fully saturated rings. The van der Waals surface area contributed by atoms with Crippen molar-refractivity contribution in [2.75, 3.05) is 7.11 Å². The highest BCUT2D eigenvalue weighted by molar-refractivity contribution is 9.10. The van der Waals surface area contributed by atoms with Crippen molar-refractivity contribution in [1.29, 1.82) is 0 Å². The molecule has 1 atom stereocenters. The molecule has 0 saturated carbocycles. The van der Waals surface area contributed by atoms with E-state index in [0.29, 0.717) is 27.3 Å². The summed E-state index contributed by atoms with van der Waals surface area (Å²) in [6.07, 6.45) is 0.189. The molecule has 11 heteroatoms. The SMILES string of the molecule is COc1cc(Br)cc(C=NNC(=O)c2ccc(COc3ccc(-n4c(C)ccc4C)cc3)o2)c1O[C@H](C)C(=O)O. The van der Waals surface area contributed by atoms with Crippen LogP contribution in [0.3, 0.4) is 0 Å². The van der Waals surface area contributed by atoms with Crippen LogP contribution in [0.2, 0.25) is 0 Å². The third-order valence-electron chi connectivity index (χ3n) is 5.91. The van der Waals surface area contributed by atoms with E-state index in [-0.39, 0.29) is 18.1 Å². The summed E-state index contributed by atoms with van der Waals surface area (Å²) in [5.74, 6) is -0.0699. The van der Waals surface area contributed by atoms with Gasteiger partial charge < -0.3 is 28.3 Å². The van der Waals surface area contributed by atoms with Gasteiger partial charge in [-0.1, -0.05) is 15.9 Å². The number of nitrogens with one attached hydrogen (secondary N) is 1. The van der Waals surface area contributed by atoms with E-state index in [1.54, 1.807) is 18.2 Å². The number of carbonyl (C=O) groups is 2. The summed E-state index contributed by atoms with van der Waals surface area (Å²) in [4.78, 5) is 23.8. The van der Waals surface area contributed by atoms with Gasteiger partial charge in [0.1, 0.15) is 18.1 Å². The maximum Gasteiger partial charge on any atom is 0.344 e. The molecule has 2 aromatic heterocycles. The molecule has 4 aromatic rings. The number of amides is 1. The molecule has 10 nitrogen and oxygen atoms in total. The van der Waals surface area contributed by atoms with E-state index in [1.165, 1.54) is 26.3 Å². The van der Waals surface area contributed by atoms with Gasteiger partial charge in [-0.3, -0.25) is 4.79 Å². The number of ether oxygens (including phenoxy) is 3. The fourth-order valence-corrected chi connectivity index (χ4v) is 4.36. The minimum Gasteiger partial charge on any atom is -0.493 e. The van der Waals surface area contributed by atoms with Gasteiger partial charge in [-0.25, -0.2) is 10.2 Å². The summed E-state index contributed by atoms with van der Waals surface area (Å²) in [6.45, 7) is 5.64. The molecule has 2 aromatic carbocycles. The molecular weight excluding hydrogens is 582 g/mol. The molecule has 1 amide bonds. The maximum absolute atomic E-state index is 12.6. The smallest absolute Gasteiger partial charge is 0.344 e. The first-order valence-electron chi connectivity index (χ1n) is 12.2. The Balaban J connectivity index is 1.37. The normalized spacial score (nSPS) is 11.8. The van der Waals surface area contributed by atoms with Crippen molar-refractivity contribution in [1.82, 2.24) is 9.99 Å². The van der Waals surface area contributed by atoms with Gasteiger partial charge in [0, 0.05) is 27.1 Å². The van der Waals surface area contributed by atoms with E-state index in [4.69, 9.17) is 18.6 Å². The second-order valence-electron chi connectivity index (χ2n) is 8.82. The third kappa shape index (κ3) is 6.73. The monoisotopic (exact) mass is 609 g/mol. The van der Waals surface area contributed by atoms with Gasteiger partial charge in [-0.15, -0.1) is 0 Å². The second-order valence-corrected chi connectivity index (χ2v) is 9.74. The molecule has 0 aliphatic heterocycles. The highest BCUT2D eigenvalue weighted by Crippen LogP contribution is 2.34. The number of aliphatic carboxylic acids is 1. The number of benzene rings is 2. The van der Waals surface area contributed by atoms with Gasteiger partial charge in [0.05, 0.1) is 13.3 Å². The fourth-order valence-electron chi connectivity index (χ4n) is 3.90. The van der Waals surface area contributed by atoms with Crippen LogP contribution in [0.15, 0.2) is 74.7 Å². The lowest BCUT2D eigenvalue weighted by Crippen LogP contribution is -2.24. The Morgan fingerprint density at radius 1 is 1.10 bits per heavy atom. The average molecular weight is 610 g/mol. The summed E-state index contributed by atoms with van der Waals surface area (Å²) in [7, 11) is 1.43. The Labute approximate surface area is 239 Å². The molecule has 40 heavy (non-hydrogen) atoms. The number of furan rings is 1. The molecule has 0 saturated heterocycles. The van der Waals surface area contributed by atoms with Crippen LogP contribution in [0.4, 0.5) is 0 Å². The summed E-state index contributed by atoms with van der Waals surface area (Å²) >= 11 is 3.36. The molecule has 2 N–H and O–H groups in total. The molecule has 0 aliphatic carbocycles. The van der Waals surface area contributed by atoms with Crippen molar-refractivity contribution in [2.24, 2.45) is 5.10 Å². The molecule has 2 heterocycles. The van der Waals surface area contributed by atoms with Crippen molar-refractivity contribution < 1.29 is 33.3 Å². The van der Waals surface area contributed by atoms with Crippen LogP contribution in [0.25, 0.3) is 5.69 Å². The minimum atomic E-state index is -1.14. The highest BCUT2D eigenvalue weighted by Gasteiger charge is 2.19. The van der Waals surface area contributed by atoms with E-state index >= 15 is 0 Å². The van der Waals surface area contributed by atoms with Gasteiger partial charge in [-0.05, 0) is 81.4 Å². The number of hydrazone groups is 1. The summed E-state index contributed by atoms with van der Waals surface area (Å²) in [6, 6.07) is 18.3. The van der Waals surface area contributed by atoms with Gasteiger partial charge in [0.15, 0.2) is 23.4 Å². The highest BCUT2D eigenvalue weighted by atomic mass is 79.9. The minimum absolute atomic E-state index is 0.0486. The molecule has 0 radical (unpaired) electrons. The van der Waals surface area contributed by atoms with Crippen LogP contribution in [-0.4, -0.2) is 41.0 Å². The van der Waals surface area contributed by atoms with Crippen LogP contribution in [0.1, 0.15) is 40.2 Å². The largest absolute Gasteiger partial charge is 0.493 e. The number of halogens is 1. The van der Waals surface area contributed by atoms with Crippen LogP contribution >= 0.6 is 15.9 Å². The van der Waals surface area contributed by atoms with E-state index < -0.39 is 18.0 Å². The van der Waals surface area contributed by atoms with Crippen molar-refractivity contribution >= 4 is 34.0 Å². The van der Waals surface area contributed by atoms with Crippen LogP contribution in [0, 0.1) is 13.8 Å². The Morgan fingerprint density at radius 3 is 2.45 bits per heavy atom. The number of aromatic nitrogens is 1. The first-order valence-corrected chi connectivity index (χ1v) is 13.0. The standard InChI is InChI=1S/C29H28BrN3O7/c1-17-5-6-18(2)33(17)22-7-9-23(10-8-22)38-16-24-11-12-25(40-24)28(34)32-31-15-20-13-21(30)14-26(37-4)27(20)39-19(3)29(35)36/h5-15,19H,16H2,1-4H3,(H,32,34)(H,35,36)/t19-/m1/s1. The zero-order valence-electron chi connectivity index (χ0n) is 22.3. The number of hydrogen-bond donors (Lipinski definition) is 2. The van der Waals surface area contributed by atoms with E-state index in [2.05, 4.69) is 57.0 Å². The average Bonchev–Trinajstić information content (AvgIpc) is 3.54. The van der Waals surface area contributed by atoms with Crippen molar-refractivity contribution in [2.45, 2.75) is 33.5 Å². The number of hydrogen-bond acceptors (Lipinski definition) is 7. The molecule has 208 valence electrons. The number of carboxylic acid groups (broad SMARTS) is 1. The summed E-state index contributed by atoms with van der Waals surface area (Å²) in [5.41, 5.74) is 6.12. The van der Waals surface area contributed by atoms with Crippen molar-refractivity contribution in [3.63, 3.8) is 0 Å². The number of carbonyl (C=O) groups excluding carboxylic acids is 1. The zero-order chi connectivity index (χ0) is 28.8. The number of carboxylic acids is 1. The van der Waals surface area contributed by atoms with Crippen LogP contribution in [-0.2, 0) is 11.4 Å². The third-order valence-corrected chi connectivity index (χ3v) is 6.37. The molecule has 0 spiro atoms. The lowest BCUT2D eigenvalue weighted by atomic mass is 10.2. The van der Waals surface area contributed by atoms with Crippen LogP contribution < -0.4 is 19.6 Å². The zero-order valence-corrected chi connectivity index (χ0v) is 23.9. The van der Waals surface area contributed by atoms with E-state index in [1.807, 2.05) is 24.3 Å². The number of aryl methyl sites for hydroxylation is 2. The number of rotatable bonds is 11. The van der Waals surface area contributed by atoms with Gasteiger partial charge >= 0.3 is 11.9 Å². The van der Waals surface area contributed by atoms with Gasteiger partial charge in [-0.2, -0.15) is 5.10 Å². The van der Waals surface area contributed by atoms with Crippen LogP contribution in [0.5, 0.6) is 17.2 Å². The predicted octanol–water partition coefficient (Wildman–Crippen LogP) is 5.65. The Morgan fingerprint density at radius 2 is 1.80 bits per heavy atom. The first kappa shape index (κ1) is 28.5. The number of nitrogens with zero attached hydrogens (tertiary/aromatic N) is 2. The Hall–Kier alpha value is -4.51. The topological polar surface area (TPSA) is 125 Å².